The third kappa shape index (κ3) is 2.66. The van der Waals surface area contributed by atoms with Gasteiger partial charge in [-0.15, -0.1) is 0 Å². The minimum atomic E-state index is 0.237. The van der Waals surface area contributed by atoms with Crippen molar-refractivity contribution >= 4 is 0 Å². The first-order chi connectivity index (χ1) is 5.83. The molecule has 1 aromatic rings. The average Bonchev–Trinajstić information content (AvgIpc) is 2.16. The molecule has 0 unspecified atom stereocenters. The Balaban J connectivity index is 2.44. The van der Waals surface area contributed by atoms with Crippen molar-refractivity contribution in [2.75, 3.05) is 6.61 Å². The molecule has 1 rings (SSSR count). The average molecular weight is 164 g/mol. The van der Waals surface area contributed by atoms with Crippen LogP contribution in [0.15, 0.2) is 42.2 Å². The van der Waals surface area contributed by atoms with Gasteiger partial charge in [0.15, 0.2) is 0 Å². The van der Waals surface area contributed by atoms with E-state index >= 15 is 0 Å². The normalized spacial score (nSPS) is 11.2. The molecule has 2 heteroatoms. The van der Waals surface area contributed by atoms with Crippen molar-refractivity contribution < 1.29 is 9.84 Å². The summed E-state index contributed by atoms with van der Waals surface area (Å²) >= 11 is 0. The Hall–Kier alpha value is -1.44. The summed E-state index contributed by atoms with van der Waals surface area (Å²) in [5, 5.41) is 9.06. The highest BCUT2D eigenvalue weighted by atomic mass is 16.5. The Bertz CT molecular complexity index is 252. The standard InChI is InChI=1S/C10H12O2/c1-2-9(11)8-12-10-6-4-3-5-7-10/h2-7,11H,8H2,1H3/b9-2-. The molecule has 0 aliphatic rings. The van der Waals surface area contributed by atoms with Gasteiger partial charge in [0.05, 0.1) is 0 Å². The van der Waals surface area contributed by atoms with E-state index in [2.05, 4.69) is 0 Å². The van der Waals surface area contributed by atoms with Gasteiger partial charge in [0, 0.05) is 0 Å². The molecule has 0 amide bonds. The quantitative estimate of drug-likeness (QED) is 0.695. The van der Waals surface area contributed by atoms with E-state index in [0.717, 1.165) is 5.75 Å². The number of para-hydroxylation sites is 1. The minimum Gasteiger partial charge on any atom is -0.509 e. The maximum atomic E-state index is 9.06. The predicted molar refractivity (Wildman–Crippen MR) is 48.3 cm³/mol. The monoisotopic (exact) mass is 164 g/mol. The Kier molecular flexibility index (Phi) is 3.20. The van der Waals surface area contributed by atoms with E-state index < -0.39 is 0 Å². The summed E-state index contributed by atoms with van der Waals surface area (Å²) < 4.78 is 5.24. The van der Waals surface area contributed by atoms with Gasteiger partial charge in [-0.05, 0) is 25.1 Å². The number of ether oxygens (including phenoxy) is 1. The van der Waals surface area contributed by atoms with Gasteiger partial charge in [0.1, 0.15) is 18.1 Å². The number of benzene rings is 1. The first kappa shape index (κ1) is 8.65. The number of aliphatic hydroxyl groups is 1. The fraction of sp³-hybridized carbons (Fsp3) is 0.200. The van der Waals surface area contributed by atoms with Gasteiger partial charge in [-0.3, -0.25) is 0 Å². The zero-order valence-electron chi connectivity index (χ0n) is 7.03. The molecule has 1 aromatic carbocycles. The molecule has 0 bridgehead atoms. The Morgan fingerprint density at radius 2 is 2.08 bits per heavy atom. The van der Waals surface area contributed by atoms with Gasteiger partial charge in [0.25, 0.3) is 0 Å². The van der Waals surface area contributed by atoms with Crippen LogP contribution in [0, 0.1) is 0 Å². The van der Waals surface area contributed by atoms with E-state index in [0.29, 0.717) is 0 Å². The first-order valence-electron chi connectivity index (χ1n) is 3.85. The third-order valence-corrected chi connectivity index (χ3v) is 1.46. The zero-order chi connectivity index (χ0) is 8.81. The lowest BCUT2D eigenvalue weighted by Gasteiger charge is -2.03. The lowest BCUT2D eigenvalue weighted by atomic mass is 10.3. The molecule has 0 saturated carbocycles. The lowest BCUT2D eigenvalue weighted by molar-refractivity contribution is 0.270. The van der Waals surface area contributed by atoms with E-state index in [4.69, 9.17) is 9.84 Å². The highest BCUT2D eigenvalue weighted by Crippen LogP contribution is 2.08. The summed E-state index contributed by atoms with van der Waals surface area (Å²) in [6.45, 7) is 2.00. The molecule has 0 aliphatic carbocycles. The fourth-order valence-electron chi connectivity index (χ4n) is 0.757. The molecule has 0 spiro atoms. The summed E-state index contributed by atoms with van der Waals surface area (Å²) in [6.07, 6.45) is 1.61. The molecule has 64 valence electrons. The third-order valence-electron chi connectivity index (χ3n) is 1.46. The van der Waals surface area contributed by atoms with Crippen molar-refractivity contribution in [1.82, 2.24) is 0 Å². The van der Waals surface area contributed by atoms with Crippen LogP contribution in [0.5, 0.6) is 5.75 Å². The molecule has 0 radical (unpaired) electrons. The predicted octanol–water partition coefficient (Wildman–Crippen LogP) is 2.53. The second kappa shape index (κ2) is 4.44. The van der Waals surface area contributed by atoms with Crippen LogP contribution in [0.4, 0.5) is 0 Å². The minimum absolute atomic E-state index is 0.237. The van der Waals surface area contributed by atoms with Crippen LogP contribution >= 0.6 is 0 Å². The number of rotatable bonds is 3. The molecule has 2 nitrogen and oxygen atoms in total. The maximum absolute atomic E-state index is 9.06. The zero-order valence-corrected chi connectivity index (χ0v) is 7.03. The van der Waals surface area contributed by atoms with Crippen LogP contribution in [-0.2, 0) is 0 Å². The molecule has 0 fully saturated rings. The number of aliphatic hydroxyl groups excluding tert-OH is 1. The fourth-order valence-corrected chi connectivity index (χ4v) is 0.757. The number of hydrogen-bond donors (Lipinski definition) is 1. The van der Waals surface area contributed by atoms with E-state index in [9.17, 15) is 0 Å². The van der Waals surface area contributed by atoms with Gasteiger partial charge in [-0.2, -0.15) is 0 Å². The SMILES string of the molecule is C/C=C(\O)COc1ccccc1. The lowest BCUT2D eigenvalue weighted by Crippen LogP contribution is -1.99. The Morgan fingerprint density at radius 3 is 2.67 bits per heavy atom. The van der Waals surface area contributed by atoms with E-state index in [1.54, 1.807) is 13.0 Å². The second-order valence-electron chi connectivity index (χ2n) is 2.38. The van der Waals surface area contributed by atoms with Crippen molar-refractivity contribution in [2.24, 2.45) is 0 Å². The molecule has 0 atom stereocenters. The van der Waals surface area contributed by atoms with Crippen molar-refractivity contribution in [3.05, 3.63) is 42.2 Å². The maximum Gasteiger partial charge on any atom is 0.145 e. The van der Waals surface area contributed by atoms with Crippen LogP contribution in [0.25, 0.3) is 0 Å². The van der Waals surface area contributed by atoms with Gasteiger partial charge in [-0.1, -0.05) is 18.2 Å². The first-order valence-corrected chi connectivity index (χ1v) is 3.85. The van der Waals surface area contributed by atoms with Crippen LogP contribution < -0.4 is 4.74 Å². The molecule has 0 aromatic heterocycles. The topological polar surface area (TPSA) is 29.5 Å². The molecule has 0 heterocycles. The van der Waals surface area contributed by atoms with Crippen LogP contribution in [0.3, 0.4) is 0 Å². The van der Waals surface area contributed by atoms with Gasteiger partial charge < -0.3 is 9.84 Å². The molecule has 1 N–H and O–H groups in total. The number of hydrogen-bond acceptors (Lipinski definition) is 2. The van der Waals surface area contributed by atoms with Gasteiger partial charge in [-0.25, -0.2) is 0 Å². The summed E-state index contributed by atoms with van der Waals surface area (Å²) in [7, 11) is 0. The number of allylic oxidation sites excluding steroid dienone is 1. The molecular formula is C10H12O2. The molecule has 0 aliphatic heterocycles. The second-order valence-corrected chi connectivity index (χ2v) is 2.38. The van der Waals surface area contributed by atoms with Crippen LogP contribution in [-0.4, -0.2) is 11.7 Å². The van der Waals surface area contributed by atoms with E-state index in [-0.39, 0.29) is 12.4 Å². The molecule has 0 saturated heterocycles. The summed E-state index contributed by atoms with van der Waals surface area (Å²) in [6, 6.07) is 9.40. The Morgan fingerprint density at radius 1 is 1.42 bits per heavy atom. The van der Waals surface area contributed by atoms with Crippen LogP contribution in [0.2, 0.25) is 0 Å². The summed E-state index contributed by atoms with van der Waals surface area (Å²) in [5.74, 6) is 1.02. The van der Waals surface area contributed by atoms with Crippen molar-refractivity contribution in [3.63, 3.8) is 0 Å². The van der Waals surface area contributed by atoms with Crippen molar-refractivity contribution in [3.8, 4) is 5.75 Å². The summed E-state index contributed by atoms with van der Waals surface area (Å²) in [5.41, 5.74) is 0. The highest BCUT2D eigenvalue weighted by Gasteiger charge is 1.92. The van der Waals surface area contributed by atoms with Crippen LogP contribution in [0.1, 0.15) is 6.92 Å². The Labute approximate surface area is 72.1 Å². The van der Waals surface area contributed by atoms with Gasteiger partial charge >= 0.3 is 0 Å². The summed E-state index contributed by atoms with van der Waals surface area (Å²) in [4.78, 5) is 0. The van der Waals surface area contributed by atoms with E-state index in [1.807, 2.05) is 30.3 Å². The highest BCUT2D eigenvalue weighted by molar-refractivity contribution is 5.21. The smallest absolute Gasteiger partial charge is 0.145 e. The van der Waals surface area contributed by atoms with Crippen molar-refractivity contribution in [2.45, 2.75) is 6.92 Å². The largest absolute Gasteiger partial charge is 0.509 e. The van der Waals surface area contributed by atoms with E-state index in [1.165, 1.54) is 0 Å². The van der Waals surface area contributed by atoms with Gasteiger partial charge in [0.2, 0.25) is 0 Å². The van der Waals surface area contributed by atoms with Crippen molar-refractivity contribution in [1.29, 1.82) is 0 Å². The molecular weight excluding hydrogens is 152 g/mol. The molecule has 12 heavy (non-hydrogen) atoms.